The summed E-state index contributed by atoms with van der Waals surface area (Å²) in [6, 6.07) is 7.29. The lowest BCUT2D eigenvalue weighted by Gasteiger charge is -2.20. The molecule has 104 valence electrons. The highest BCUT2D eigenvalue weighted by molar-refractivity contribution is 5.89. The second-order valence-electron chi connectivity index (χ2n) is 4.87. The Kier molecular flexibility index (Phi) is 4.63. The monoisotopic (exact) mass is 263 g/mol. The van der Waals surface area contributed by atoms with Crippen molar-refractivity contribution >= 4 is 11.7 Å². The number of ether oxygens (including phenoxy) is 1. The maximum Gasteiger partial charge on any atom is 0.319 e. The van der Waals surface area contributed by atoms with Crippen LogP contribution in [0.2, 0.25) is 0 Å². The van der Waals surface area contributed by atoms with Crippen LogP contribution in [0.4, 0.5) is 10.5 Å². The largest absolute Gasteiger partial charge is 0.497 e. The number of anilines is 1. The minimum Gasteiger partial charge on any atom is -0.497 e. The van der Waals surface area contributed by atoms with Crippen LogP contribution in [0, 0.1) is 5.92 Å². The van der Waals surface area contributed by atoms with Gasteiger partial charge in [0.1, 0.15) is 5.75 Å². The Bertz CT molecular complexity index is 413. The molecular weight excluding hydrogens is 242 g/mol. The molecule has 0 radical (unpaired) electrons. The molecule has 1 heterocycles. The Morgan fingerprint density at radius 2 is 2.16 bits per heavy atom. The molecule has 0 bridgehead atoms. The highest BCUT2D eigenvalue weighted by Gasteiger charge is 2.22. The summed E-state index contributed by atoms with van der Waals surface area (Å²) in [5, 5.41) is 9.10. The van der Waals surface area contributed by atoms with Gasteiger partial charge in [-0.3, -0.25) is 0 Å². The standard InChI is InChI=1S/C14H21N3O2/c1-10(11-7-8-15-9-11)16-14(18)17-12-3-5-13(19-2)6-4-12/h3-6,10-11,15H,7-9H2,1-2H3,(H2,16,17,18). The van der Waals surface area contributed by atoms with E-state index in [2.05, 4.69) is 16.0 Å². The van der Waals surface area contributed by atoms with Gasteiger partial charge in [0.2, 0.25) is 0 Å². The van der Waals surface area contributed by atoms with Crippen LogP contribution in [0.15, 0.2) is 24.3 Å². The van der Waals surface area contributed by atoms with Crippen LogP contribution in [-0.2, 0) is 0 Å². The normalized spacial score (nSPS) is 19.8. The van der Waals surface area contributed by atoms with E-state index in [0.29, 0.717) is 5.92 Å². The van der Waals surface area contributed by atoms with E-state index in [0.717, 1.165) is 30.9 Å². The van der Waals surface area contributed by atoms with Gasteiger partial charge in [-0.2, -0.15) is 0 Å². The third-order valence-electron chi connectivity index (χ3n) is 3.51. The molecule has 0 saturated carbocycles. The number of carbonyl (C=O) groups is 1. The van der Waals surface area contributed by atoms with E-state index in [9.17, 15) is 4.79 Å². The first kappa shape index (κ1) is 13.7. The Morgan fingerprint density at radius 1 is 1.42 bits per heavy atom. The molecule has 2 rings (SSSR count). The minimum atomic E-state index is -0.162. The molecule has 0 aliphatic carbocycles. The lowest BCUT2D eigenvalue weighted by atomic mass is 10.0. The Balaban J connectivity index is 1.82. The summed E-state index contributed by atoms with van der Waals surface area (Å²) in [7, 11) is 1.62. The molecule has 1 fully saturated rings. The molecule has 5 heteroatoms. The molecule has 1 aliphatic rings. The van der Waals surface area contributed by atoms with Gasteiger partial charge in [-0.25, -0.2) is 4.79 Å². The van der Waals surface area contributed by atoms with Crippen LogP contribution in [0.25, 0.3) is 0 Å². The number of hydrogen-bond donors (Lipinski definition) is 3. The smallest absolute Gasteiger partial charge is 0.319 e. The van der Waals surface area contributed by atoms with Crippen molar-refractivity contribution < 1.29 is 9.53 Å². The van der Waals surface area contributed by atoms with Crippen molar-refractivity contribution in [2.75, 3.05) is 25.5 Å². The number of urea groups is 1. The van der Waals surface area contributed by atoms with Crippen molar-refractivity contribution in [2.45, 2.75) is 19.4 Å². The average molecular weight is 263 g/mol. The summed E-state index contributed by atoms with van der Waals surface area (Å²) in [4.78, 5) is 11.9. The number of benzene rings is 1. The van der Waals surface area contributed by atoms with Gasteiger partial charge in [0, 0.05) is 11.7 Å². The zero-order valence-electron chi connectivity index (χ0n) is 11.4. The lowest BCUT2D eigenvalue weighted by Crippen LogP contribution is -2.41. The van der Waals surface area contributed by atoms with Crippen LogP contribution in [0.3, 0.4) is 0 Å². The van der Waals surface area contributed by atoms with Gasteiger partial charge >= 0.3 is 6.03 Å². The number of hydrogen-bond acceptors (Lipinski definition) is 3. The van der Waals surface area contributed by atoms with Crippen molar-refractivity contribution in [1.29, 1.82) is 0 Å². The summed E-state index contributed by atoms with van der Waals surface area (Å²) in [5.41, 5.74) is 0.759. The zero-order valence-corrected chi connectivity index (χ0v) is 11.4. The van der Waals surface area contributed by atoms with Crippen molar-refractivity contribution in [3.63, 3.8) is 0 Å². The maximum absolute atomic E-state index is 11.9. The minimum absolute atomic E-state index is 0.162. The third kappa shape index (κ3) is 3.86. The molecule has 1 aromatic carbocycles. The second-order valence-corrected chi connectivity index (χ2v) is 4.87. The summed E-state index contributed by atoms with van der Waals surface area (Å²) >= 11 is 0. The van der Waals surface area contributed by atoms with Gasteiger partial charge in [0.05, 0.1) is 7.11 Å². The highest BCUT2D eigenvalue weighted by atomic mass is 16.5. The highest BCUT2D eigenvalue weighted by Crippen LogP contribution is 2.15. The quantitative estimate of drug-likeness (QED) is 0.776. The average Bonchev–Trinajstić information content (AvgIpc) is 2.93. The zero-order chi connectivity index (χ0) is 13.7. The number of nitrogens with one attached hydrogen (secondary N) is 3. The molecule has 1 aliphatic heterocycles. The van der Waals surface area contributed by atoms with Gasteiger partial charge in [0.15, 0.2) is 0 Å². The molecule has 5 nitrogen and oxygen atoms in total. The molecule has 1 aromatic rings. The second kappa shape index (κ2) is 6.43. The van der Waals surface area contributed by atoms with E-state index in [4.69, 9.17) is 4.74 Å². The molecule has 3 N–H and O–H groups in total. The number of rotatable bonds is 4. The molecule has 0 aromatic heterocycles. The predicted molar refractivity (Wildman–Crippen MR) is 75.6 cm³/mol. The fourth-order valence-corrected chi connectivity index (χ4v) is 2.27. The lowest BCUT2D eigenvalue weighted by molar-refractivity contribution is 0.245. The Morgan fingerprint density at radius 3 is 2.74 bits per heavy atom. The Labute approximate surface area is 113 Å². The van der Waals surface area contributed by atoms with Crippen LogP contribution in [-0.4, -0.2) is 32.3 Å². The van der Waals surface area contributed by atoms with Gasteiger partial charge in [-0.1, -0.05) is 0 Å². The predicted octanol–water partition coefficient (Wildman–Crippen LogP) is 1.81. The first-order valence-electron chi connectivity index (χ1n) is 6.61. The fourth-order valence-electron chi connectivity index (χ4n) is 2.27. The molecule has 0 spiro atoms. The van der Waals surface area contributed by atoms with Crippen LogP contribution >= 0.6 is 0 Å². The fraction of sp³-hybridized carbons (Fsp3) is 0.500. The van der Waals surface area contributed by atoms with Crippen molar-refractivity contribution in [3.8, 4) is 5.75 Å². The van der Waals surface area contributed by atoms with E-state index < -0.39 is 0 Å². The number of carbonyl (C=O) groups excluding carboxylic acids is 1. The van der Waals surface area contributed by atoms with E-state index in [1.807, 2.05) is 31.2 Å². The van der Waals surface area contributed by atoms with Crippen LogP contribution in [0.5, 0.6) is 5.75 Å². The van der Waals surface area contributed by atoms with Gasteiger partial charge < -0.3 is 20.7 Å². The first-order chi connectivity index (χ1) is 9.19. The van der Waals surface area contributed by atoms with Crippen molar-refractivity contribution in [1.82, 2.24) is 10.6 Å². The SMILES string of the molecule is COc1ccc(NC(=O)NC(C)C2CCNC2)cc1. The molecule has 1 saturated heterocycles. The number of methoxy groups -OCH3 is 1. The van der Waals surface area contributed by atoms with E-state index in [1.165, 1.54) is 0 Å². The summed E-state index contributed by atoms with van der Waals surface area (Å²) in [6.07, 6.45) is 1.12. The van der Waals surface area contributed by atoms with Crippen LogP contribution < -0.4 is 20.7 Å². The first-order valence-corrected chi connectivity index (χ1v) is 6.61. The molecule has 2 atom stereocenters. The summed E-state index contributed by atoms with van der Waals surface area (Å²) in [6.45, 7) is 4.06. The molecular formula is C14H21N3O2. The van der Waals surface area contributed by atoms with E-state index in [-0.39, 0.29) is 12.1 Å². The molecule has 19 heavy (non-hydrogen) atoms. The van der Waals surface area contributed by atoms with Crippen molar-refractivity contribution in [3.05, 3.63) is 24.3 Å². The van der Waals surface area contributed by atoms with E-state index >= 15 is 0 Å². The van der Waals surface area contributed by atoms with Crippen LogP contribution in [0.1, 0.15) is 13.3 Å². The summed E-state index contributed by atoms with van der Waals surface area (Å²) in [5.74, 6) is 1.29. The van der Waals surface area contributed by atoms with Gasteiger partial charge in [0.25, 0.3) is 0 Å². The van der Waals surface area contributed by atoms with Gasteiger partial charge in [-0.05, 0) is 56.6 Å². The summed E-state index contributed by atoms with van der Waals surface area (Å²) < 4.78 is 5.07. The molecule has 2 unspecified atom stereocenters. The van der Waals surface area contributed by atoms with Gasteiger partial charge in [-0.15, -0.1) is 0 Å². The third-order valence-corrected chi connectivity index (χ3v) is 3.51. The topological polar surface area (TPSA) is 62.4 Å². The number of amides is 2. The Hall–Kier alpha value is -1.75. The van der Waals surface area contributed by atoms with Crippen molar-refractivity contribution in [2.24, 2.45) is 5.92 Å². The van der Waals surface area contributed by atoms with E-state index in [1.54, 1.807) is 7.11 Å². The maximum atomic E-state index is 11.9. The molecule has 2 amide bonds.